The van der Waals surface area contributed by atoms with E-state index in [1.165, 1.54) is 0 Å². The number of hydrogen-bond acceptors (Lipinski definition) is 8. The van der Waals surface area contributed by atoms with Crippen LogP contribution in [0.4, 0.5) is 0 Å². The SMILES string of the molecule is CCOc1ccc(C(=O)O[C@@H](C)c2nnc(-c3ccc(OC)cc3)o2)cc1OCC. The van der Waals surface area contributed by atoms with Crippen molar-refractivity contribution in [2.45, 2.75) is 26.9 Å². The summed E-state index contributed by atoms with van der Waals surface area (Å²) in [5, 5.41) is 8.03. The minimum absolute atomic E-state index is 0.199. The smallest absolute Gasteiger partial charge is 0.339 e. The van der Waals surface area contributed by atoms with E-state index in [0.717, 1.165) is 11.3 Å². The van der Waals surface area contributed by atoms with Crippen molar-refractivity contribution in [1.82, 2.24) is 10.2 Å². The van der Waals surface area contributed by atoms with Crippen LogP contribution in [0.5, 0.6) is 17.2 Å². The lowest BCUT2D eigenvalue weighted by atomic mass is 10.2. The predicted octanol–water partition coefficient (Wildman–Crippen LogP) is 4.46. The van der Waals surface area contributed by atoms with Crippen LogP contribution in [0.1, 0.15) is 43.1 Å². The van der Waals surface area contributed by atoms with Crippen molar-refractivity contribution in [2.75, 3.05) is 20.3 Å². The highest BCUT2D eigenvalue weighted by atomic mass is 16.6. The summed E-state index contributed by atoms with van der Waals surface area (Å²) < 4.78 is 27.4. The highest BCUT2D eigenvalue weighted by Gasteiger charge is 2.21. The summed E-state index contributed by atoms with van der Waals surface area (Å²) in [7, 11) is 1.59. The first-order valence-electron chi connectivity index (χ1n) is 9.64. The topological polar surface area (TPSA) is 92.9 Å². The van der Waals surface area contributed by atoms with Gasteiger partial charge in [-0.3, -0.25) is 0 Å². The van der Waals surface area contributed by atoms with Gasteiger partial charge < -0.3 is 23.4 Å². The van der Waals surface area contributed by atoms with E-state index in [1.807, 2.05) is 26.0 Å². The van der Waals surface area contributed by atoms with Gasteiger partial charge in [-0.2, -0.15) is 0 Å². The van der Waals surface area contributed by atoms with E-state index < -0.39 is 12.1 Å². The number of rotatable bonds is 9. The lowest BCUT2D eigenvalue weighted by molar-refractivity contribution is 0.0279. The normalized spacial score (nSPS) is 11.6. The zero-order chi connectivity index (χ0) is 21.5. The second-order valence-electron chi connectivity index (χ2n) is 6.25. The van der Waals surface area contributed by atoms with E-state index in [-0.39, 0.29) is 5.89 Å². The van der Waals surface area contributed by atoms with Crippen molar-refractivity contribution in [2.24, 2.45) is 0 Å². The molecule has 0 fully saturated rings. The molecule has 1 atom stereocenters. The van der Waals surface area contributed by atoms with Gasteiger partial charge in [0.05, 0.1) is 25.9 Å². The van der Waals surface area contributed by atoms with Crippen LogP contribution in [0.3, 0.4) is 0 Å². The third-order valence-corrected chi connectivity index (χ3v) is 4.19. The molecule has 1 heterocycles. The second kappa shape index (κ2) is 9.78. The van der Waals surface area contributed by atoms with Crippen molar-refractivity contribution in [3.05, 3.63) is 53.9 Å². The minimum Gasteiger partial charge on any atom is -0.497 e. The Hall–Kier alpha value is -3.55. The number of methoxy groups -OCH3 is 1. The standard InChI is InChI=1S/C22H24N2O6/c1-5-27-18-12-9-16(13-19(18)28-6-2)22(25)29-14(3)20-23-24-21(30-20)15-7-10-17(26-4)11-8-15/h7-14H,5-6H2,1-4H3/t14-/m0/s1. The number of carbonyl (C=O) groups is 1. The first-order valence-corrected chi connectivity index (χ1v) is 9.64. The van der Waals surface area contributed by atoms with Crippen LogP contribution in [0.15, 0.2) is 46.9 Å². The molecule has 0 bridgehead atoms. The maximum atomic E-state index is 12.6. The molecule has 3 rings (SSSR count). The average molecular weight is 412 g/mol. The van der Waals surface area contributed by atoms with E-state index >= 15 is 0 Å². The lowest BCUT2D eigenvalue weighted by Crippen LogP contribution is -2.10. The fourth-order valence-corrected chi connectivity index (χ4v) is 2.71. The molecule has 3 aromatic rings. The Morgan fingerprint density at radius 3 is 2.37 bits per heavy atom. The van der Waals surface area contributed by atoms with Gasteiger partial charge in [0.25, 0.3) is 5.89 Å². The first-order chi connectivity index (χ1) is 14.5. The van der Waals surface area contributed by atoms with Crippen molar-refractivity contribution >= 4 is 5.97 Å². The van der Waals surface area contributed by atoms with E-state index in [4.69, 9.17) is 23.4 Å². The summed E-state index contributed by atoms with van der Waals surface area (Å²) in [4.78, 5) is 12.6. The van der Waals surface area contributed by atoms with E-state index in [9.17, 15) is 4.79 Å². The van der Waals surface area contributed by atoms with Crippen molar-refractivity contribution < 1.29 is 28.2 Å². The van der Waals surface area contributed by atoms with Crippen LogP contribution >= 0.6 is 0 Å². The molecule has 0 amide bonds. The largest absolute Gasteiger partial charge is 0.497 e. The summed E-state index contributed by atoms with van der Waals surface area (Å²) in [6.07, 6.45) is -0.723. The van der Waals surface area contributed by atoms with Gasteiger partial charge in [0.2, 0.25) is 5.89 Å². The first kappa shape index (κ1) is 21.2. The predicted molar refractivity (Wildman–Crippen MR) is 109 cm³/mol. The number of aromatic nitrogens is 2. The maximum absolute atomic E-state index is 12.6. The molecule has 0 aliphatic heterocycles. The number of benzene rings is 2. The summed E-state index contributed by atoms with van der Waals surface area (Å²) in [6, 6.07) is 12.1. The Kier molecular flexibility index (Phi) is 6.90. The fourth-order valence-electron chi connectivity index (χ4n) is 2.71. The van der Waals surface area contributed by atoms with Crippen LogP contribution < -0.4 is 14.2 Å². The third-order valence-electron chi connectivity index (χ3n) is 4.19. The quantitative estimate of drug-likeness (QED) is 0.476. The minimum atomic E-state index is -0.723. The van der Waals surface area contributed by atoms with Crippen molar-refractivity contribution in [1.29, 1.82) is 0 Å². The molecule has 2 aromatic carbocycles. The van der Waals surface area contributed by atoms with E-state index in [0.29, 0.717) is 36.2 Å². The highest BCUT2D eigenvalue weighted by molar-refractivity contribution is 5.90. The Labute approximate surface area is 174 Å². The third kappa shape index (κ3) is 4.89. The van der Waals surface area contributed by atoms with Crippen LogP contribution in [-0.4, -0.2) is 36.5 Å². The van der Waals surface area contributed by atoms with Crippen LogP contribution in [-0.2, 0) is 4.74 Å². The summed E-state index contributed by atoms with van der Waals surface area (Å²) in [6.45, 7) is 6.35. The van der Waals surface area contributed by atoms with Crippen LogP contribution in [0, 0.1) is 0 Å². The molecule has 0 saturated heterocycles. The molecule has 30 heavy (non-hydrogen) atoms. The molecule has 158 valence electrons. The molecule has 0 saturated carbocycles. The van der Waals surface area contributed by atoms with Gasteiger partial charge in [0.1, 0.15) is 5.75 Å². The Balaban J connectivity index is 1.71. The van der Waals surface area contributed by atoms with Gasteiger partial charge in [-0.15, -0.1) is 10.2 Å². The Morgan fingerprint density at radius 1 is 1.00 bits per heavy atom. The molecule has 0 unspecified atom stereocenters. The molecule has 0 N–H and O–H groups in total. The van der Waals surface area contributed by atoms with Crippen LogP contribution in [0.25, 0.3) is 11.5 Å². The van der Waals surface area contributed by atoms with Gasteiger partial charge in [0, 0.05) is 5.56 Å². The highest BCUT2D eigenvalue weighted by Crippen LogP contribution is 2.30. The number of hydrogen-bond donors (Lipinski definition) is 0. The molecular formula is C22H24N2O6. The lowest BCUT2D eigenvalue weighted by Gasteiger charge is -2.13. The Bertz CT molecular complexity index is 984. The zero-order valence-corrected chi connectivity index (χ0v) is 17.4. The van der Waals surface area contributed by atoms with E-state index in [2.05, 4.69) is 10.2 Å². The van der Waals surface area contributed by atoms with Gasteiger partial charge in [-0.1, -0.05) is 0 Å². The second-order valence-corrected chi connectivity index (χ2v) is 6.25. The average Bonchev–Trinajstić information content (AvgIpc) is 3.26. The molecular weight excluding hydrogens is 388 g/mol. The monoisotopic (exact) mass is 412 g/mol. The number of nitrogens with zero attached hydrogens (tertiary/aromatic N) is 2. The van der Waals surface area contributed by atoms with Crippen molar-refractivity contribution in [3.63, 3.8) is 0 Å². The summed E-state index contributed by atoms with van der Waals surface area (Å²) >= 11 is 0. The summed E-state index contributed by atoms with van der Waals surface area (Å²) in [5.74, 6) is 1.78. The fraction of sp³-hybridized carbons (Fsp3) is 0.318. The zero-order valence-electron chi connectivity index (χ0n) is 17.4. The summed E-state index contributed by atoms with van der Waals surface area (Å²) in [5.41, 5.74) is 1.07. The van der Waals surface area contributed by atoms with Crippen LogP contribution in [0.2, 0.25) is 0 Å². The molecule has 0 spiro atoms. The number of ether oxygens (including phenoxy) is 4. The molecule has 8 heteroatoms. The molecule has 0 aliphatic carbocycles. The molecule has 8 nitrogen and oxygen atoms in total. The van der Waals surface area contributed by atoms with E-state index in [1.54, 1.807) is 44.4 Å². The van der Waals surface area contributed by atoms with Gasteiger partial charge in [-0.25, -0.2) is 4.79 Å². The van der Waals surface area contributed by atoms with Crippen molar-refractivity contribution in [3.8, 4) is 28.7 Å². The molecule has 1 aromatic heterocycles. The number of esters is 1. The maximum Gasteiger partial charge on any atom is 0.339 e. The van der Waals surface area contributed by atoms with Gasteiger partial charge in [0.15, 0.2) is 17.6 Å². The van der Waals surface area contributed by atoms with Gasteiger partial charge in [-0.05, 0) is 63.2 Å². The number of carbonyl (C=O) groups excluding carboxylic acids is 1. The molecule has 0 radical (unpaired) electrons. The molecule has 0 aliphatic rings. The van der Waals surface area contributed by atoms with Gasteiger partial charge >= 0.3 is 5.97 Å². The Morgan fingerprint density at radius 2 is 1.70 bits per heavy atom.